The monoisotopic (exact) mass is 713 g/mol. The van der Waals surface area contributed by atoms with Crippen molar-refractivity contribution in [2.24, 2.45) is 0 Å². The van der Waals surface area contributed by atoms with Crippen molar-refractivity contribution in [2.75, 3.05) is 4.90 Å². The van der Waals surface area contributed by atoms with Crippen LogP contribution in [0, 0.1) is 0 Å². The minimum Gasteiger partial charge on any atom is -0.455 e. The SMILES string of the molecule is c1ccc(-c2ccc3ccccc3c2-c2ccc(N(c3ccc(-c4cccc5c4oc4ccccc45)cc3)c3cc4ccccc4c4ccccc34)cc2)cc1. The third kappa shape index (κ3) is 5.26. The maximum atomic E-state index is 6.44. The molecule has 10 aromatic carbocycles. The molecule has 0 atom stereocenters. The van der Waals surface area contributed by atoms with Crippen molar-refractivity contribution >= 4 is 71.3 Å². The van der Waals surface area contributed by atoms with Crippen molar-refractivity contribution in [3.05, 3.63) is 212 Å². The third-order valence-electron chi connectivity index (χ3n) is 11.3. The molecule has 0 radical (unpaired) electrons. The van der Waals surface area contributed by atoms with Gasteiger partial charge in [-0.1, -0.05) is 176 Å². The molecule has 2 heteroatoms. The molecule has 0 saturated heterocycles. The molecule has 0 amide bonds. The Labute approximate surface area is 325 Å². The Morgan fingerprint density at radius 1 is 0.321 bits per heavy atom. The highest BCUT2D eigenvalue weighted by Gasteiger charge is 2.20. The lowest BCUT2D eigenvalue weighted by Crippen LogP contribution is -2.10. The molecule has 0 saturated carbocycles. The van der Waals surface area contributed by atoms with Gasteiger partial charge in [0.05, 0.1) is 5.69 Å². The van der Waals surface area contributed by atoms with E-state index in [1.165, 1.54) is 54.6 Å². The topological polar surface area (TPSA) is 16.4 Å². The van der Waals surface area contributed by atoms with Gasteiger partial charge in [0.2, 0.25) is 0 Å². The molecule has 1 aromatic heterocycles. The van der Waals surface area contributed by atoms with Gasteiger partial charge in [-0.25, -0.2) is 0 Å². The Kier molecular flexibility index (Phi) is 7.53. The van der Waals surface area contributed by atoms with Crippen molar-refractivity contribution in [2.45, 2.75) is 0 Å². The first kappa shape index (κ1) is 32.0. The molecule has 0 unspecified atom stereocenters. The van der Waals surface area contributed by atoms with Crippen LogP contribution in [0.15, 0.2) is 217 Å². The highest BCUT2D eigenvalue weighted by molar-refractivity contribution is 6.15. The molecular formula is C54H35NO. The molecule has 1 heterocycles. The molecule has 0 spiro atoms. The second kappa shape index (κ2) is 13.2. The van der Waals surface area contributed by atoms with Crippen molar-refractivity contribution in [1.29, 1.82) is 0 Å². The summed E-state index contributed by atoms with van der Waals surface area (Å²) < 4.78 is 6.44. The summed E-state index contributed by atoms with van der Waals surface area (Å²) in [6.07, 6.45) is 0. The molecule has 11 aromatic rings. The lowest BCUT2D eigenvalue weighted by Gasteiger charge is -2.28. The van der Waals surface area contributed by atoms with Gasteiger partial charge in [-0.15, -0.1) is 0 Å². The second-order valence-electron chi connectivity index (χ2n) is 14.4. The van der Waals surface area contributed by atoms with E-state index in [0.717, 1.165) is 50.1 Å². The number of anilines is 3. The normalized spacial score (nSPS) is 11.6. The lowest BCUT2D eigenvalue weighted by molar-refractivity contribution is 0.670. The predicted octanol–water partition coefficient (Wildman–Crippen LogP) is 15.5. The number of nitrogens with zero attached hydrogens (tertiary/aromatic N) is 1. The van der Waals surface area contributed by atoms with Crippen molar-refractivity contribution in [3.8, 4) is 33.4 Å². The first-order chi connectivity index (χ1) is 27.8. The van der Waals surface area contributed by atoms with E-state index >= 15 is 0 Å². The van der Waals surface area contributed by atoms with Gasteiger partial charge in [0, 0.05) is 33.1 Å². The van der Waals surface area contributed by atoms with E-state index < -0.39 is 0 Å². The van der Waals surface area contributed by atoms with Gasteiger partial charge in [0.1, 0.15) is 11.2 Å². The Balaban J connectivity index is 1.09. The number of rotatable bonds is 6. The highest BCUT2D eigenvalue weighted by Crippen LogP contribution is 2.45. The van der Waals surface area contributed by atoms with Crippen LogP contribution < -0.4 is 4.90 Å². The maximum absolute atomic E-state index is 6.44. The number of benzene rings is 10. The minimum absolute atomic E-state index is 0.906. The summed E-state index contributed by atoms with van der Waals surface area (Å²) in [4.78, 5) is 2.41. The quantitative estimate of drug-likeness (QED) is 0.160. The molecule has 0 bridgehead atoms. The van der Waals surface area contributed by atoms with Crippen LogP contribution in [0.5, 0.6) is 0 Å². The molecule has 262 valence electrons. The first-order valence-electron chi connectivity index (χ1n) is 19.2. The van der Waals surface area contributed by atoms with Crippen LogP contribution in [0.25, 0.3) is 87.6 Å². The summed E-state index contributed by atoms with van der Waals surface area (Å²) in [6.45, 7) is 0. The predicted molar refractivity (Wildman–Crippen MR) is 237 cm³/mol. The first-order valence-corrected chi connectivity index (χ1v) is 19.2. The molecule has 56 heavy (non-hydrogen) atoms. The summed E-state index contributed by atoms with van der Waals surface area (Å²) in [7, 11) is 0. The molecule has 0 N–H and O–H groups in total. The number of para-hydroxylation sites is 2. The maximum Gasteiger partial charge on any atom is 0.143 e. The standard InChI is InChI=1S/C54H35NO/c1-2-13-36(14-3-1)45-34-29-37-15-4-7-18-44(37)53(45)39-27-32-42(33-28-39)55(51-35-40-16-5-6-17-43(40)47-19-8-9-20-48(47)51)41-30-25-38(26-31-41)46-22-12-23-50-49-21-10-11-24-52(49)56-54(46)50/h1-35H. The third-order valence-corrected chi connectivity index (χ3v) is 11.3. The molecule has 0 aliphatic heterocycles. The van der Waals surface area contributed by atoms with Gasteiger partial charge in [-0.05, 0) is 91.1 Å². The van der Waals surface area contributed by atoms with Gasteiger partial charge in [-0.2, -0.15) is 0 Å². The zero-order valence-electron chi connectivity index (χ0n) is 30.6. The molecular weight excluding hydrogens is 679 g/mol. The number of fused-ring (bicyclic) bond motifs is 7. The summed E-state index contributed by atoms with van der Waals surface area (Å²) in [5, 5.41) is 9.64. The van der Waals surface area contributed by atoms with E-state index in [-0.39, 0.29) is 0 Å². The molecule has 0 aliphatic carbocycles. The lowest BCUT2D eigenvalue weighted by atomic mass is 9.89. The van der Waals surface area contributed by atoms with Crippen LogP contribution in [-0.4, -0.2) is 0 Å². The summed E-state index contributed by atoms with van der Waals surface area (Å²) in [6, 6.07) is 76.5. The molecule has 2 nitrogen and oxygen atoms in total. The van der Waals surface area contributed by atoms with E-state index in [4.69, 9.17) is 4.42 Å². The van der Waals surface area contributed by atoms with E-state index in [2.05, 4.69) is 205 Å². The van der Waals surface area contributed by atoms with Crippen molar-refractivity contribution in [1.82, 2.24) is 0 Å². The van der Waals surface area contributed by atoms with Crippen LogP contribution in [0.4, 0.5) is 17.1 Å². The van der Waals surface area contributed by atoms with Crippen LogP contribution in [0.2, 0.25) is 0 Å². The Morgan fingerprint density at radius 3 is 1.66 bits per heavy atom. The number of hydrogen-bond acceptors (Lipinski definition) is 2. The van der Waals surface area contributed by atoms with E-state index in [9.17, 15) is 0 Å². The van der Waals surface area contributed by atoms with Gasteiger partial charge in [-0.3, -0.25) is 0 Å². The van der Waals surface area contributed by atoms with Crippen LogP contribution >= 0.6 is 0 Å². The molecule has 0 fully saturated rings. The van der Waals surface area contributed by atoms with Crippen molar-refractivity contribution in [3.63, 3.8) is 0 Å². The smallest absolute Gasteiger partial charge is 0.143 e. The van der Waals surface area contributed by atoms with Gasteiger partial charge in [0.15, 0.2) is 0 Å². The molecule has 0 aliphatic rings. The van der Waals surface area contributed by atoms with Crippen LogP contribution in [-0.2, 0) is 0 Å². The fourth-order valence-corrected chi connectivity index (χ4v) is 8.63. The van der Waals surface area contributed by atoms with Gasteiger partial charge < -0.3 is 9.32 Å². The number of furan rings is 1. The average Bonchev–Trinajstić information content (AvgIpc) is 3.66. The molecule has 11 rings (SSSR count). The summed E-state index contributed by atoms with van der Waals surface area (Å²) in [5.74, 6) is 0. The summed E-state index contributed by atoms with van der Waals surface area (Å²) in [5.41, 5.74) is 12.2. The Bertz CT molecular complexity index is 3230. The Hall–Kier alpha value is -7.42. The van der Waals surface area contributed by atoms with Gasteiger partial charge in [0.25, 0.3) is 0 Å². The fourth-order valence-electron chi connectivity index (χ4n) is 8.63. The van der Waals surface area contributed by atoms with Crippen LogP contribution in [0.1, 0.15) is 0 Å². The Morgan fingerprint density at radius 2 is 0.893 bits per heavy atom. The highest BCUT2D eigenvalue weighted by atomic mass is 16.3. The van der Waals surface area contributed by atoms with Crippen LogP contribution in [0.3, 0.4) is 0 Å². The second-order valence-corrected chi connectivity index (χ2v) is 14.4. The average molecular weight is 714 g/mol. The van der Waals surface area contributed by atoms with E-state index in [0.29, 0.717) is 0 Å². The fraction of sp³-hybridized carbons (Fsp3) is 0. The van der Waals surface area contributed by atoms with E-state index in [1.54, 1.807) is 0 Å². The largest absolute Gasteiger partial charge is 0.455 e. The zero-order chi connectivity index (χ0) is 37.0. The number of hydrogen-bond donors (Lipinski definition) is 0. The minimum atomic E-state index is 0.906. The van der Waals surface area contributed by atoms with E-state index in [1.807, 2.05) is 12.1 Å². The summed E-state index contributed by atoms with van der Waals surface area (Å²) >= 11 is 0. The zero-order valence-corrected chi connectivity index (χ0v) is 30.6. The van der Waals surface area contributed by atoms with Crippen molar-refractivity contribution < 1.29 is 4.42 Å². The van der Waals surface area contributed by atoms with Gasteiger partial charge >= 0.3 is 0 Å².